The van der Waals surface area contributed by atoms with Gasteiger partial charge in [-0.1, -0.05) is 33.6 Å². The topological polar surface area (TPSA) is 32.3 Å². The fourth-order valence-electron chi connectivity index (χ4n) is 3.74. The number of hydrogen-bond acceptors (Lipinski definition) is 2. The average molecular weight is 239 g/mol. The summed E-state index contributed by atoms with van der Waals surface area (Å²) in [5.41, 5.74) is 0.0740. The van der Waals surface area contributed by atoms with Gasteiger partial charge in [-0.15, -0.1) is 0 Å². The Morgan fingerprint density at radius 2 is 1.94 bits per heavy atom. The molecular formula is C15H29NO. The van der Waals surface area contributed by atoms with E-state index in [0.717, 1.165) is 19.4 Å². The Balaban J connectivity index is 1.78. The molecule has 0 aliphatic heterocycles. The molecule has 0 saturated heterocycles. The van der Waals surface area contributed by atoms with E-state index in [-0.39, 0.29) is 0 Å². The van der Waals surface area contributed by atoms with E-state index in [0.29, 0.717) is 17.4 Å². The van der Waals surface area contributed by atoms with Gasteiger partial charge in [-0.3, -0.25) is 0 Å². The molecule has 100 valence electrons. The Bertz CT molecular complexity index is 264. The summed E-state index contributed by atoms with van der Waals surface area (Å²) in [6, 6.07) is 0.631. The van der Waals surface area contributed by atoms with Crippen molar-refractivity contribution in [3.63, 3.8) is 0 Å². The first-order valence-electron chi connectivity index (χ1n) is 7.34. The second kappa shape index (κ2) is 4.89. The molecule has 0 aromatic rings. The SMILES string of the molecule is CC1CCCC(O)(CNC2CCC(C)(C)C2)C1. The van der Waals surface area contributed by atoms with E-state index in [1.54, 1.807) is 0 Å². The van der Waals surface area contributed by atoms with E-state index in [4.69, 9.17) is 0 Å². The monoisotopic (exact) mass is 239 g/mol. The number of hydrogen-bond donors (Lipinski definition) is 2. The predicted molar refractivity (Wildman–Crippen MR) is 72.0 cm³/mol. The van der Waals surface area contributed by atoms with E-state index in [1.165, 1.54) is 32.1 Å². The summed E-state index contributed by atoms with van der Waals surface area (Å²) in [6.45, 7) is 7.78. The van der Waals surface area contributed by atoms with Gasteiger partial charge in [0.25, 0.3) is 0 Å². The van der Waals surface area contributed by atoms with Crippen molar-refractivity contribution < 1.29 is 5.11 Å². The van der Waals surface area contributed by atoms with Crippen LogP contribution in [-0.4, -0.2) is 23.3 Å². The van der Waals surface area contributed by atoms with Crippen LogP contribution in [0.1, 0.15) is 65.7 Å². The lowest BCUT2D eigenvalue weighted by Crippen LogP contribution is -2.46. The molecule has 2 aliphatic carbocycles. The summed E-state index contributed by atoms with van der Waals surface area (Å²) in [4.78, 5) is 0. The van der Waals surface area contributed by atoms with E-state index >= 15 is 0 Å². The van der Waals surface area contributed by atoms with Crippen LogP contribution in [0.3, 0.4) is 0 Å². The van der Waals surface area contributed by atoms with Gasteiger partial charge in [0.15, 0.2) is 0 Å². The molecule has 2 nitrogen and oxygen atoms in total. The lowest BCUT2D eigenvalue weighted by molar-refractivity contribution is -0.0138. The van der Waals surface area contributed by atoms with Crippen LogP contribution in [0.25, 0.3) is 0 Å². The minimum absolute atomic E-state index is 0.426. The first kappa shape index (κ1) is 13.4. The van der Waals surface area contributed by atoms with Crippen LogP contribution in [0.5, 0.6) is 0 Å². The summed E-state index contributed by atoms with van der Waals surface area (Å²) in [7, 11) is 0. The number of rotatable bonds is 3. The highest BCUT2D eigenvalue weighted by Gasteiger charge is 2.35. The highest BCUT2D eigenvalue weighted by Crippen LogP contribution is 2.37. The van der Waals surface area contributed by atoms with E-state index in [9.17, 15) is 5.11 Å². The zero-order chi connectivity index (χ0) is 12.5. The molecule has 0 amide bonds. The third kappa shape index (κ3) is 3.69. The zero-order valence-electron chi connectivity index (χ0n) is 11.8. The maximum atomic E-state index is 10.6. The molecule has 0 spiro atoms. The van der Waals surface area contributed by atoms with Crippen molar-refractivity contribution >= 4 is 0 Å². The quantitative estimate of drug-likeness (QED) is 0.793. The first-order chi connectivity index (χ1) is 7.89. The van der Waals surface area contributed by atoms with E-state index in [1.807, 2.05) is 0 Å². The first-order valence-corrected chi connectivity index (χ1v) is 7.34. The molecule has 2 heteroatoms. The largest absolute Gasteiger partial charge is 0.389 e. The second-order valence-corrected chi connectivity index (χ2v) is 7.41. The third-order valence-corrected chi connectivity index (χ3v) is 4.76. The fourth-order valence-corrected chi connectivity index (χ4v) is 3.74. The van der Waals surface area contributed by atoms with Gasteiger partial charge >= 0.3 is 0 Å². The molecule has 2 N–H and O–H groups in total. The highest BCUT2D eigenvalue weighted by molar-refractivity contribution is 4.91. The Hall–Kier alpha value is -0.0800. The number of nitrogens with one attached hydrogen (secondary N) is 1. The standard InChI is InChI=1S/C15H29NO/c1-12-5-4-7-15(17,9-12)11-16-13-6-8-14(2,3)10-13/h12-13,16-17H,4-11H2,1-3H3. The molecule has 17 heavy (non-hydrogen) atoms. The van der Waals surface area contributed by atoms with Gasteiger partial charge in [-0.2, -0.15) is 0 Å². The van der Waals surface area contributed by atoms with E-state index < -0.39 is 5.60 Å². The van der Waals surface area contributed by atoms with Crippen LogP contribution in [-0.2, 0) is 0 Å². The van der Waals surface area contributed by atoms with Crippen LogP contribution in [0.4, 0.5) is 0 Å². The molecule has 0 bridgehead atoms. The minimum Gasteiger partial charge on any atom is -0.389 e. The van der Waals surface area contributed by atoms with Gasteiger partial charge in [-0.25, -0.2) is 0 Å². The molecule has 2 saturated carbocycles. The molecule has 2 fully saturated rings. The van der Waals surface area contributed by atoms with Crippen LogP contribution in [0.2, 0.25) is 0 Å². The van der Waals surface area contributed by atoms with Gasteiger partial charge in [0, 0.05) is 12.6 Å². The molecule has 0 aromatic carbocycles. The Labute approximate surface area is 106 Å². The summed E-state index contributed by atoms with van der Waals surface area (Å²) in [5, 5.41) is 14.2. The van der Waals surface area contributed by atoms with Crippen molar-refractivity contribution in [3.8, 4) is 0 Å². The molecule has 3 unspecified atom stereocenters. The Morgan fingerprint density at radius 3 is 2.53 bits per heavy atom. The number of aliphatic hydroxyl groups is 1. The lowest BCUT2D eigenvalue weighted by atomic mass is 9.79. The van der Waals surface area contributed by atoms with Gasteiger partial charge in [-0.05, 0) is 43.4 Å². The molecule has 0 aromatic heterocycles. The van der Waals surface area contributed by atoms with E-state index in [2.05, 4.69) is 26.1 Å². The van der Waals surface area contributed by atoms with Crippen molar-refractivity contribution in [2.45, 2.75) is 77.4 Å². The minimum atomic E-state index is -0.426. The van der Waals surface area contributed by atoms with Gasteiger partial charge in [0.2, 0.25) is 0 Å². The maximum absolute atomic E-state index is 10.6. The molecule has 0 radical (unpaired) electrons. The summed E-state index contributed by atoms with van der Waals surface area (Å²) < 4.78 is 0. The summed E-state index contributed by atoms with van der Waals surface area (Å²) in [6.07, 6.45) is 8.31. The van der Waals surface area contributed by atoms with Gasteiger partial charge < -0.3 is 10.4 Å². The molecular weight excluding hydrogens is 210 g/mol. The maximum Gasteiger partial charge on any atom is 0.0774 e. The summed E-state index contributed by atoms with van der Waals surface area (Å²) in [5.74, 6) is 0.690. The third-order valence-electron chi connectivity index (χ3n) is 4.76. The van der Waals surface area contributed by atoms with Crippen molar-refractivity contribution in [1.82, 2.24) is 5.32 Å². The summed E-state index contributed by atoms with van der Waals surface area (Å²) >= 11 is 0. The van der Waals surface area contributed by atoms with Crippen LogP contribution >= 0.6 is 0 Å². The fraction of sp³-hybridized carbons (Fsp3) is 1.00. The normalized spacial score (nSPS) is 41.6. The predicted octanol–water partition coefficient (Wildman–Crippen LogP) is 3.10. The lowest BCUT2D eigenvalue weighted by Gasteiger charge is -2.36. The van der Waals surface area contributed by atoms with Gasteiger partial charge in [0.1, 0.15) is 0 Å². The Kier molecular flexibility index (Phi) is 3.84. The van der Waals surface area contributed by atoms with Crippen LogP contribution in [0, 0.1) is 11.3 Å². The van der Waals surface area contributed by atoms with Crippen molar-refractivity contribution in [3.05, 3.63) is 0 Å². The smallest absolute Gasteiger partial charge is 0.0774 e. The molecule has 2 rings (SSSR count). The van der Waals surface area contributed by atoms with Crippen molar-refractivity contribution in [1.29, 1.82) is 0 Å². The highest BCUT2D eigenvalue weighted by atomic mass is 16.3. The molecule has 0 heterocycles. The molecule has 2 aliphatic rings. The van der Waals surface area contributed by atoms with Crippen LogP contribution < -0.4 is 5.32 Å². The van der Waals surface area contributed by atoms with Gasteiger partial charge in [0.05, 0.1) is 5.60 Å². The van der Waals surface area contributed by atoms with Crippen molar-refractivity contribution in [2.75, 3.05) is 6.54 Å². The Morgan fingerprint density at radius 1 is 1.18 bits per heavy atom. The van der Waals surface area contributed by atoms with Crippen LogP contribution in [0.15, 0.2) is 0 Å². The van der Waals surface area contributed by atoms with Crippen molar-refractivity contribution in [2.24, 2.45) is 11.3 Å². The molecule has 3 atom stereocenters. The average Bonchev–Trinajstić information content (AvgIpc) is 2.55. The second-order valence-electron chi connectivity index (χ2n) is 7.41. The zero-order valence-corrected chi connectivity index (χ0v) is 11.8.